The zero-order valence-electron chi connectivity index (χ0n) is 10.6. The van der Waals surface area contributed by atoms with E-state index in [4.69, 9.17) is 4.74 Å². The lowest BCUT2D eigenvalue weighted by Crippen LogP contribution is -2.34. The molecule has 1 aromatic rings. The lowest BCUT2D eigenvalue weighted by molar-refractivity contribution is 0.0497. The van der Waals surface area contributed by atoms with Gasteiger partial charge in [-0.15, -0.1) is 0 Å². The van der Waals surface area contributed by atoms with Crippen LogP contribution in [0.2, 0.25) is 0 Å². The van der Waals surface area contributed by atoms with Gasteiger partial charge in [0.1, 0.15) is 5.82 Å². The minimum absolute atomic E-state index is 0.0542. The number of benzene rings is 1. The first-order chi connectivity index (χ1) is 8.66. The van der Waals surface area contributed by atoms with Crippen LogP contribution in [0.5, 0.6) is 0 Å². The number of amides is 1. The van der Waals surface area contributed by atoms with Crippen molar-refractivity contribution in [1.29, 1.82) is 0 Å². The third kappa shape index (κ3) is 3.29. The van der Waals surface area contributed by atoms with E-state index in [1.165, 1.54) is 24.3 Å². The van der Waals surface area contributed by atoms with E-state index in [2.05, 4.69) is 0 Å². The van der Waals surface area contributed by atoms with Crippen LogP contribution in [-0.2, 0) is 4.74 Å². The van der Waals surface area contributed by atoms with E-state index >= 15 is 0 Å². The van der Waals surface area contributed by atoms with Crippen molar-refractivity contribution in [2.75, 3.05) is 26.8 Å². The summed E-state index contributed by atoms with van der Waals surface area (Å²) in [6, 6.07) is 5.68. The Bertz CT molecular complexity index is 399. The zero-order valence-corrected chi connectivity index (χ0v) is 10.6. The fraction of sp³-hybridized carbons (Fsp3) is 0.500. The first-order valence-electron chi connectivity index (χ1n) is 6.25. The molecule has 0 aromatic heterocycles. The summed E-state index contributed by atoms with van der Waals surface area (Å²) >= 11 is 0. The number of ether oxygens (including phenoxy) is 1. The van der Waals surface area contributed by atoms with E-state index in [9.17, 15) is 9.18 Å². The molecular formula is C14H18FNO2. The molecule has 3 nitrogen and oxygen atoms in total. The van der Waals surface area contributed by atoms with E-state index < -0.39 is 0 Å². The summed E-state index contributed by atoms with van der Waals surface area (Å²) < 4.78 is 18.1. The van der Waals surface area contributed by atoms with E-state index in [1.807, 2.05) is 0 Å². The Morgan fingerprint density at radius 3 is 2.56 bits per heavy atom. The third-order valence-electron chi connectivity index (χ3n) is 3.31. The molecule has 0 atom stereocenters. The molecule has 0 unspecified atom stereocenters. The molecule has 2 rings (SSSR count). The SMILES string of the molecule is CN(CC1CCOCC1)C(=O)c1ccc(F)cc1. The van der Waals surface area contributed by atoms with Crippen molar-refractivity contribution in [2.24, 2.45) is 5.92 Å². The Labute approximate surface area is 107 Å². The largest absolute Gasteiger partial charge is 0.381 e. The van der Waals surface area contributed by atoms with Gasteiger partial charge in [0.05, 0.1) is 0 Å². The van der Waals surface area contributed by atoms with Crippen molar-refractivity contribution in [3.8, 4) is 0 Å². The van der Waals surface area contributed by atoms with E-state index in [1.54, 1.807) is 11.9 Å². The van der Waals surface area contributed by atoms with Crippen LogP contribution in [0.3, 0.4) is 0 Å². The summed E-state index contributed by atoms with van der Waals surface area (Å²) in [6.45, 7) is 2.30. The third-order valence-corrected chi connectivity index (χ3v) is 3.31. The molecule has 1 fully saturated rings. The maximum atomic E-state index is 12.8. The molecule has 0 N–H and O–H groups in total. The average molecular weight is 251 g/mol. The Balaban J connectivity index is 1.93. The topological polar surface area (TPSA) is 29.5 Å². The van der Waals surface area contributed by atoms with Gasteiger partial charge in [-0.1, -0.05) is 0 Å². The van der Waals surface area contributed by atoms with Crippen molar-refractivity contribution < 1.29 is 13.9 Å². The molecular weight excluding hydrogens is 233 g/mol. The fourth-order valence-electron chi connectivity index (χ4n) is 2.21. The molecule has 1 aliphatic rings. The molecule has 98 valence electrons. The average Bonchev–Trinajstić information content (AvgIpc) is 2.40. The van der Waals surface area contributed by atoms with E-state index in [0.717, 1.165) is 32.6 Å². The van der Waals surface area contributed by atoms with E-state index in [-0.39, 0.29) is 11.7 Å². The highest BCUT2D eigenvalue weighted by atomic mass is 19.1. The lowest BCUT2D eigenvalue weighted by Gasteiger charge is -2.27. The molecule has 1 saturated heterocycles. The van der Waals surface area contributed by atoms with Crippen molar-refractivity contribution in [3.05, 3.63) is 35.6 Å². The molecule has 1 aliphatic heterocycles. The summed E-state index contributed by atoms with van der Waals surface area (Å²) in [5.74, 6) is 0.133. The van der Waals surface area contributed by atoms with Gasteiger partial charge in [0.2, 0.25) is 0 Å². The van der Waals surface area contributed by atoms with Crippen LogP contribution in [0, 0.1) is 11.7 Å². The first kappa shape index (κ1) is 13.0. The quantitative estimate of drug-likeness (QED) is 0.825. The molecule has 1 aromatic carbocycles. The van der Waals surface area contributed by atoms with Gasteiger partial charge in [-0.3, -0.25) is 4.79 Å². The Hall–Kier alpha value is -1.42. The Morgan fingerprint density at radius 2 is 1.94 bits per heavy atom. The van der Waals surface area contributed by atoms with Gasteiger partial charge in [0, 0.05) is 32.4 Å². The number of nitrogens with zero attached hydrogens (tertiary/aromatic N) is 1. The summed E-state index contributed by atoms with van der Waals surface area (Å²) in [5.41, 5.74) is 0.533. The molecule has 4 heteroatoms. The second kappa shape index (κ2) is 5.96. The highest BCUT2D eigenvalue weighted by molar-refractivity contribution is 5.93. The molecule has 1 amide bonds. The Kier molecular flexibility index (Phi) is 4.31. The van der Waals surface area contributed by atoms with Crippen LogP contribution < -0.4 is 0 Å². The van der Waals surface area contributed by atoms with Crippen molar-refractivity contribution >= 4 is 5.91 Å². The van der Waals surface area contributed by atoms with Gasteiger partial charge in [-0.05, 0) is 43.0 Å². The van der Waals surface area contributed by atoms with Gasteiger partial charge in [0.25, 0.3) is 5.91 Å². The van der Waals surface area contributed by atoms with Gasteiger partial charge < -0.3 is 9.64 Å². The second-order valence-corrected chi connectivity index (χ2v) is 4.75. The molecule has 0 bridgehead atoms. The number of rotatable bonds is 3. The van der Waals surface area contributed by atoms with Crippen LogP contribution in [0.15, 0.2) is 24.3 Å². The standard InChI is InChI=1S/C14H18FNO2/c1-16(10-11-6-8-18-9-7-11)14(17)12-2-4-13(15)5-3-12/h2-5,11H,6-10H2,1H3. The van der Waals surface area contributed by atoms with Crippen LogP contribution in [0.4, 0.5) is 4.39 Å². The van der Waals surface area contributed by atoms with E-state index in [0.29, 0.717) is 11.5 Å². The van der Waals surface area contributed by atoms with Crippen LogP contribution in [0.25, 0.3) is 0 Å². The zero-order chi connectivity index (χ0) is 13.0. The van der Waals surface area contributed by atoms with Crippen molar-refractivity contribution in [1.82, 2.24) is 4.90 Å². The minimum atomic E-state index is -0.321. The molecule has 0 spiro atoms. The molecule has 0 saturated carbocycles. The van der Waals surface area contributed by atoms with Gasteiger partial charge in [-0.2, -0.15) is 0 Å². The number of carbonyl (C=O) groups excluding carboxylic acids is 1. The van der Waals surface area contributed by atoms with Gasteiger partial charge >= 0.3 is 0 Å². The highest BCUT2D eigenvalue weighted by Gasteiger charge is 2.19. The lowest BCUT2D eigenvalue weighted by atomic mass is 9.99. The smallest absolute Gasteiger partial charge is 0.253 e. The van der Waals surface area contributed by atoms with Crippen LogP contribution in [-0.4, -0.2) is 37.6 Å². The first-order valence-corrected chi connectivity index (χ1v) is 6.25. The summed E-state index contributed by atoms with van der Waals surface area (Å²) in [5, 5.41) is 0. The highest BCUT2D eigenvalue weighted by Crippen LogP contribution is 2.16. The maximum Gasteiger partial charge on any atom is 0.253 e. The molecule has 1 heterocycles. The predicted octanol–water partition coefficient (Wildman–Crippen LogP) is 2.32. The normalized spacial score (nSPS) is 16.6. The predicted molar refractivity (Wildman–Crippen MR) is 66.9 cm³/mol. The Morgan fingerprint density at radius 1 is 1.33 bits per heavy atom. The molecule has 0 radical (unpaired) electrons. The number of hydrogen-bond donors (Lipinski definition) is 0. The number of halogens is 1. The maximum absolute atomic E-state index is 12.8. The second-order valence-electron chi connectivity index (χ2n) is 4.75. The molecule has 0 aliphatic carbocycles. The summed E-state index contributed by atoms with van der Waals surface area (Å²) in [6.07, 6.45) is 2.00. The number of hydrogen-bond acceptors (Lipinski definition) is 2. The van der Waals surface area contributed by atoms with Crippen LogP contribution >= 0.6 is 0 Å². The van der Waals surface area contributed by atoms with Gasteiger partial charge in [-0.25, -0.2) is 4.39 Å². The van der Waals surface area contributed by atoms with Crippen molar-refractivity contribution in [3.63, 3.8) is 0 Å². The van der Waals surface area contributed by atoms with Gasteiger partial charge in [0.15, 0.2) is 0 Å². The minimum Gasteiger partial charge on any atom is -0.381 e. The number of carbonyl (C=O) groups is 1. The van der Waals surface area contributed by atoms with Crippen molar-refractivity contribution in [2.45, 2.75) is 12.8 Å². The fourth-order valence-corrected chi connectivity index (χ4v) is 2.21. The summed E-state index contributed by atoms with van der Waals surface area (Å²) in [7, 11) is 1.79. The molecule has 18 heavy (non-hydrogen) atoms. The monoisotopic (exact) mass is 251 g/mol. The van der Waals surface area contributed by atoms with Crippen LogP contribution in [0.1, 0.15) is 23.2 Å². The summed E-state index contributed by atoms with van der Waals surface area (Å²) in [4.78, 5) is 13.8.